The van der Waals surface area contributed by atoms with Gasteiger partial charge in [-0.3, -0.25) is 0 Å². The summed E-state index contributed by atoms with van der Waals surface area (Å²) < 4.78 is 4.97. The molecule has 0 aliphatic rings. The molecule has 0 heterocycles. The first kappa shape index (κ1) is 14.9. The fraction of sp³-hybridized carbons (Fsp3) is 1.00. The summed E-state index contributed by atoms with van der Waals surface area (Å²) >= 11 is 0. The van der Waals surface area contributed by atoms with Crippen LogP contribution in [0.1, 0.15) is 33.1 Å². The largest absolute Gasteiger partial charge is 0.383 e. The smallest absolute Gasteiger partial charge is 0.0587 e. The summed E-state index contributed by atoms with van der Waals surface area (Å²) in [7, 11) is 1.74. The summed E-state index contributed by atoms with van der Waals surface area (Å²) in [6.45, 7) is 11.1. The molecule has 1 N–H and O–H groups in total. The maximum absolute atomic E-state index is 4.97. The SMILES string of the molecule is CCCN(CCC)CCCNCCOC. The first-order chi connectivity index (χ1) is 7.35. The quantitative estimate of drug-likeness (QED) is 0.532. The molecule has 15 heavy (non-hydrogen) atoms. The number of nitrogens with zero attached hydrogens (tertiary/aromatic N) is 1. The lowest BCUT2D eigenvalue weighted by atomic mass is 10.3. The number of ether oxygens (including phenoxy) is 1. The van der Waals surface area contributed by atoms with Gasteiger partial charge in [0.1, 0.15) is 0 Å². The van der Waals surface area contributed by atoms with Crippen LogP contribution in [0.4, 0.5) is 0 Å². The molecule has 3 heteroatoms. The number of hydrogen-bond donors (Lipinski definition) is 1. The van der Waals surface area contributed by atoms with Gasteiger partial charge in [0.25, 0.3) is 0 Å². The third-order valence-electron chi connectivity index (χ3n) is 2.39. The first-order valence-electron chi connectivity index (χ1n) is 6.27. The van der Waals surface area contributed by atoms with Gasteiger partial charge >= 0.3 is 0 Å². The van der Waals surface area contributed by atoms with Gasteiger partial charge in [0.05, 0.1) is 6.61 Å². The second kappa shape index (κ2) is 12.0. The van der Waals surface area contributed by atoms with Crippen molar-refractivity contribution < 1.29 is 4.74 Å². The van der Waals surface area contributed by atoms with E-state index in [1.807, 2.05) is 0 Å². The molecule has 0 spiro atoms. The van der Waals surface area contributed by atoms with Crippen molar-refractivity contribution in [2.24, 2.45) is 0 Å². The Kier molecular flexibility index (Phi) is 11.9. The zero-order valence-corrected chi connectivity index (χ0v) is 10.7. The lowest BCUT2D eigenvalue weighted by Gasteiger charge is -2.20. The van der Waals surface area contributed by atoms with Gasteiger partial charge in [0.15, 0.2) is 0 Å². The second-order valence-corrected chi connectivity index (χ2v) is 3.94. The van der Waals surface area contributed by atoms with Crippen LogP contribution in [0.5, 0.6) is 0 Å². The normalized spacial score (nSPS) is 11.2. The van der Waals surface area contributed by atoms with Crippen molar-refractivity contribution in [2.45, 2.75) is 33.1 Å². The van der Waals surface area contributed by atoms with Crippen molar-refractivity contribution in [1.29, 1.82) is 0 Å². The van der Waals surface area contributed by atoms with Crippen LogP contribution in [0.2, 0.25) is 0 Å². The Hall–Kier alpha value is -0.120. The summed E-state index contributed by atoms with van der Waals surface area (Å²) in [5, 5.41) is 3.37. The maximum atomic E-state index is 4.97. The number of nitrogens with one attached hydrogen (secondary N) is 1. The molecule has 0 unspecified atom stereocenters. The van der Waals surface area contributed by atoms with Gasteiger partial charge in [-0.15, -0.1) is 0 Å². The minimum Gasteiger partial charge on any atom is -0.383 e. The van der Waals surface area contributed by atoms with E-state index in [-0.39, 0.29) is 0 Å². The highest BCUT2D eigenvalue weighted by Gasteiger charge is 2.00. The maximum Gasteiger partial charge on any atom is 0.0587 e. The lowest BCUT2D eigenvalue weighted by molar-refractivity contribution is 0.198. The molecule has 0 saturated carbocycles. The molecule has 0 bridgehead atoms. The van der Waals surface area contributed by atoms with Gasteiger partial charge in [0.2, 0.25) is 0 Å². The van der Waals surface area contributed by atoms with Crippen LogP contribution in [0.25, 0.3) is 0 Å². The highest BCUT2D eigenvalue weighted by molar-refractivity contribution is 4.57. The van der Waals surface area contributed by atoms with E-state index in [1.165, 1.54) is 38.9 Å². The zero-order valence-electron chi connectivity index (χ0n) is 10.7. The van der Waals surface area contributed by atoms with Crippen molar-refractivity contribution in [2.75, 3.05) is 46.4 Å². The molecule has 92 valence electrons. The minimum atomic E-state index is 0.813. The van der Waals surface area contributed by atoms with Gasteiger partial charge in [0, 0.05) is 13.7 Å². The Bertz CT molecular complexity index is 114. The number of rotatable bonds is 11. The van der Waals surface area contributed by atoms with Crippen LogP contribution in [0.15, 0.2) is 0 Å². The Balaban J connectivity index is 3.28. The van der Waals surface area contributed by atoms with Gasteiger partial charge in [-0.2, -0.15) is 0 Å². The second-order valence-electron chi connectivity index (χ2n) is 3.94. The predicted octanol–water partition coefficient (Wildman–Crippen LogP) is 1.73. The van der Waals surface area contributed by atoms with Gasteiger partial charge in [-0.25, -0.2) is 0 Å². The van der Waals surface area contributed by atoms with E-state index in [0.717, 1.165) is 19.7 Å². The van der Waals surface area contributed by atoms with Gasteiger partial charge in [-0.1, -0.05) is 13.8 Å². The van der Waals surface area contributed by atoms with Crippen LogP contribution in [-0.2, 0) is 4.74 Å². The highest BCUT2D eigenvalue weighted by Crippen LogP contribution is 1.95. The Morgan fingerprint density at radius 3 is 2.20 bits per heavy atom. The molecule has 0 aliphatic heterocycles. The molecule has 0 amide bonds. The Morgan fingerprint density at radius 2 is 1.67 bits per heavy atom. The number of hydrogen-bond acceptors (Lipinski definition) is 3. The summed E-state index contributed by atoms with van der Waals surface area (Å²) in [4.78, 5) is 2.55. The van der Waals surface area contributed by atoms with Gasteiger partial charge in [-0.05, 0) is 45.4 Å². The molecule has 0 aromatic rings. The third-order valence-corrected chi connectivity index (χ3v) is 2.39. The Morgan fingerprint density at radius 1 is 1.00 bits per heavy atom. The predicted molar refractivity (Wildman–Crippen MR) is 66.4 cm³/mol. The van der Waals surface area contributed by atoms with Crippen LogP contribution in [0, 0.1) is 0 Å². The van der Waals surface area contributed by atoms with E-state index in [9.17, 15) is 0 Å². The van der Waals surface area contributed by atoms with Crippen LogP contribution >= 0.6 is 0 Å². The van der Waals surface area contributed by atoms with Gasteiger partial charge < -0.3 is 15.0 Å². The van der Waals surface area contributed by atoms with Crippen molar-refractivity contribution in [3.05, 3.63) is 0 Å². The molecule has 0 aromatic carbocycles. The average molecular weight is 216 g/mol. The molecule has 0 aliphatic carbocycles. The molecule has 0 saturated heterocycles. The molecule has 0 rings (SSSR count). The van der Waals surface area contributed by atoms with E-state index in [1.54, 1.807) is 7.11 Å². The molecule has 0 radical (unpaired) electrons. The lowest BCUT2D eigenvalue weighted by Crippen LogP contribution is -2.29. The summed E-state index contributed by atoms with van der Waals surface area (Å²) in [5.41, 5.74) is 0. The van der Waals surface area contributed by atoms with Crippen molar-refractivity contribution >= 4 is 0 Å². The molecule has 0 aromatic heterocycles. The van der Waals surface area contributed by atoms with Crippen molar-refractivity contribution in [3.8, 4) is 0 Å². The van der Waals surface area contributed by atoms with Crippen molar-refractivity contribution in [3.63, 3.8) is 0 Å². The molecule has 3 nitrogen and oxygen atoms in total. The molecular weight excluding hydrogens is 188 g/mol. The average Bonchev–Trinajstić information content (AvgIpc) is 2.24. The number of methoxy groups -OCH3 is 1. The van der Waals surface area contributed by atoms with Crippen LogP contribution in [0.3, 0.4) is 0 Å². The van der Waals surface area contributed by atoms with E-state index < -0.39 is 0 Å². The summed E-state index contributed by atoms with van der Waals surface area (Å²) in [6, 6.07) is 0. The fourth-order valence-corrected chi connectivity index (χ4v) is 1.69. The molecular formula is C12H28N2O. The summed E-state index contributed by atoms with van der Waals surface area (Å²) in [6.07, 6.45) is 3.76. The Labute approximate surface area is 95.2 Å². The van der Waals surface area contributed by atoms with Crippen molar-refractivity contribution in [1.82, 2.24) is 10.2 Å². The van der Waals surface area contributed by atoms with Crippen LogP contribution < -0.4 is 5.32 Å². The summed E-state index contributed by atoms with van der Waals surface area (Å²) in [5.74, 6) is 0. The standard InChI is InChI=1S/C12H28N2O/c1-4-9-14(10-5-2)11-6-7-13-8-12-15-3/h13H,4-12H2,1-3H3. The fourth-order valence-electron chi connectivity index (χ4n) is 1.69. The van der Waals surface area contributed by atoms with E-state index >= 15 is 0 Å². The first-order valence-corrected chi connectivity index (χ1v) is 6.27. The third kappa shape index (κ3) is 10.2. The van der Waals surface area contributed by atoms with E-state index in [0.29, 0.717) is 0 Å². The zero-order chi connectivity index (χ0) is 11.4. The van der Waals surface area contributed by atoms with E-state index in [2.05, 4.69) is 24.1 Å². The van der Waals surface area contributed by atoms with E-state index in [4.69, 9.17) is 4.74 Å². The highest BCUT2D eigenvalue weighted by atomic mass is 16.5. The molecule has 0 atom stereocenters. The van der Waals surface area contributed by atoms with Crippen LogP contribution in [-0.4, -0.2) is 51.3 Å². The topological polar surface area (TPSA) is 24.5 Å². The molecule has 0 fully saturated rings. The minimum absolute atomic E-state index is 0.813. The monoisotopic (exact) mass is 216 g/mol.